The highest BCUT2D eigenvalue weighted by molar-refractivity contribution is 6.42. The van der Waals surface area contributed by atoms with Crippen LogP contribution in [0.5, 0.6) is 5.75 Å². The van der Waals surface area contributed by atoms with Gasteiger partial charge in [-0.15, -0.1) is 0 Å². The zero-order chi connectivity index (χ0) is 19.1. The number of esters is 1. The van der Waals surface area contributed by atoms with Gasteiger partial charge in [-0.05, 0) is 48.4 Å². The number of carbonyl (C=O) groups excluding carboxylic acids is 2. The summed E-state index contributed by atoms with van der Waals surface area (Å²) in [5, 5.41) is 3.46. The average molecular weight is 394 g/mol. The molecule has 0 aliphatic heterocycles. The Bertz CT molecular complexity index is 849. The second-order valence-electron chi connectivity index (χ2n) is 5.37. The Morgan fingerprint density at radius 2 is 1.88 bits per heavy atom. The van der Waals surface area contributed by atoms with Gasteiger partial charge in [-0.2, -0.15) is 0 Å². The number of methoxy groups -OCH3 is 1. The van der Waals surface area contributed by atoms with E-state index in [4.69, 9.17) is 32.7 Å². The molecule has 0 atom stereocenters. The van der Waals surface area contributed by atoms with Crippen molar-refractivity contribution in [3.05, 3.63) is 63.6 Å². The maximum Gasteiger partial charge on any atom is 0.331 e. The number of rotatable bonds is 6. The van der Waals surface area contributed by atoms with Crippen LogP contribution >= 0.6 is 23.2 Å². The molecule has 1 N–H and O–H groups in total. The summed E-state index contributed by atoms with van der Waals surface area (Å²) in [6, 6.07) is 10.3. The summed E-state index contributed by atoms with van der Waals surface area (Å²) < 4.78 is 10.1. The standard InChI is InChI=1S/C19H17Cl2NO4/c1-12-3-7-17(25-2)16(9-12)22-18(23)11-26-19(24)8-5-13-4-6-14(20)15(21)10-13/h3-10H,11H2,1-2H3,(H,22,23)/b8-5+. The highest BCUT2D eigenvalue weighted by Gasteiger charge is 2.09. The van der Waals surface area contributed by atoms with Gasteiger partial charge in [0.2, 0.25) is 0 Å². The molecule has 5 nitrogen and oxygen atoms in total. The summed E-state index contributed by atoms with van der Waals surface area (Å²) in [5.74, 6) is -0.595. The first-order chi connectivity index (χ1) is 12.4. The molecular formula is C19H17Cl2NO4. The fourth-order valence-electron chi connectivity index (χ4n) is 2.07. The van der Waals surface area contributed by atoms with Gasteiger partial charge in [0.25, 0.3) is 5.91 Å². The van der Waals surface area contributed by atoms with E-state index in [2.05, 4.69) is 5.32 Å². The van der Waals surface area contributed by atoms with Crippen LogP contribution in [0.4, 0.5) is 5.69 Å². The van der Waals surface area contributed by atoms with Gasteiger partial charge in [0.05, 0.1) is 22.8 Å². The van der Waals surface area contributed by atoms with Gasteiger partial charge in [0.15, 0.2) is 6.61 Å². The van der Waals surface area contributed by atoms with E-state index in [-0.39, 0.29) is 0 Å². The molecule has 0 saturated carbocycles. The first-order valence-corrected chi connectivity index (χ1v) is 8.39. The van der Waals surface area contributed by atoms with Crippen LogP contribution in [0.15, 0.2) is 42.5 Å². The lowest BCUT2D eigenvalue weighted by atomic mass is 10.2. The maximum absolute atomic E-state index is 12.0. The van der Waals surface area contributed by atoms with Gasteiger partial charge >= 0.3 is 5.97 Å². The molecule has 0 saturated heterocycles. The normalized spacial score (nSPS) is 10.6. The highest BCUT2D eigenvalue weighted by atomic mass is 35.5. The topological polar surface area (TPSA) is 64.6 Å². The number of anilines is 1. The Labute approximate surface area is 161 Å². The quantitative estimate of drug-likeness (QED) is 0.579. The summed E-state index contributed by atoms with van der Waals surface area (Å²) in [6.07, 6.45) is 2.73. The molecule has 2 rings (SSSR count). The smallest absolute Gasteiger partial charge is 0.331 e. The second-order valence-corrected chi connectivity index (χ2v) is 6.18. The molecule has 0 heterocycles. The molecule has 7 heteroatoms. The molecule has 0 spiro atoms. The van der Waals surface area contributed by atoms with E-state index in [1.807, 2.05) is 13.0 Å². The average Bonchev–Trinajstić information content (AvgIpc) is 2.61. The van der Waals surface area contributed by atoms with E-state index in [9.17, 15) is 9.59 Å². The van der Waals surface area contributed by atoms with E-state index in [1.54, 1.807) is 30.3 Å². The van der Waals surface area contributed by atoms with E-state index < -0.39 is 18.5 Å². The van der Waals surface area contributed by atoms with E-state index in [0.29, 0.717) is 27.0 Å². The van der Waals surface area contributed by atoms with Crippen LogP contribution < -0.4 is 10.1 Å². The predicted octanol–water partition coefficient (Wildman–Crippen LogP) is 4.51. The SMILES string of the molecule is COc1ccc(C)cc1NC(=O)COC(=O)/C=C/c1ccc(Cl)c(Cl)c1. The Hall–Kier alpha value is -2.50. The number of ether oxygens (including phenoxy) is 2. The maximum atomic E-state index is 12.0. The number of amides is 1. The van der Waals surface area contributed by atoms with Crippen LogP contribution in [0.1, 0.15) is 11.1 Å². The van der Waals surface area contributed by atoms with Crippen molar-refractivity contribution in [2.45, 2.75) is 6.92 Å². The lowest BCUT2D eigenvalue weighted by Crippen LogP contribution is -2.20. The largest absolute Gasteiger partial charge is 0.495 e. The van der Waals surface area contributed by atoms with Gasteiger partial charge in [-0.25, -0.2) is 4.79 Å². The Morgan fingerprint density at radius 3 is 2.58 bits per heavy atom. The molecular weight excluding hydrogens is 377 g/mol. The second kappa shape index (κ2) is 9.27. The van der Waals surface area contributed by atoms with Crippen LogP contribution in [0.2, 0.25) is 10.0 Å². The molecule has 0 aliphatic rings. The molecule has 136 valence electrons. The predicted molar refractivity (Wildman–Crippen MR) is 103 cm³/mol. The zero-order valence-corrected chi connectivity index (χ0v) is 15.7. The molecule has 26 heavy (non-hydrogen) atoms. The first kappa shape index (κ1) is 19.8. The number of nitrogens with one attached hydrogen (secondary N) is 1. The Balaban J connectivity index is 1.88. The fourth-order valence-corrected chi connectivity index (χ4v) is 2.38. The van der Waals surface area contributed by atoms with Crippen LogP contribution in [-0.4, -0.2) is 25.6 Å². The molecule has 2 aromatic carbocycles. The van der Waals surface area contributed by atoms with Crippen molar-refractivity contribution in [2.75, 3.05) is 19.0 Å². The highest BCUT2D eigenvalue weighted by Crippen LogP contribution is 2.25. The van der Waals surface area contributed by atoms with E-state index in [0.717, 1.165) is 5.56 Å². The lowest BCUT2D eigenvalue weighted by molar-refractivity contribution is -0.142. The number of hydrogen-bond acceptors (Lipinski definition) is 4. The zero-order valence-electron chi connectivity index (χ0n) is 14.2. The summed E-state index contributed by atoms with van der Waals surface area (Å²) in [6.45, 7) is 1.48. The summed E-state index contributed by atoms with van der Waals surface area (Å²) in [7, 11) is 1.51. The Morgan fingerprint density at radius 1 is 1.12 bits per heavy atom. The third-order valence-electron chi connectivity index (χ3n) is 3.33. The minimum atomic E-state index is -0.651. The molecule has 0 fully saturated rings. The fraction of sp³-hybridized carbons (Fsp3) is 0.158. The summed E-state index contributed by atoms with van der Waals surface area (Å²) >= 11 is 11.7. The molecule has 0 radical (unpaired) electrons. The number of hydrogen-bond donors (Lipinski definition) is 1. The van der Waals surface area contributed by atoms with Crippen molar-refractivity contribution < 1.29 is 19.1 Å². The third kappa shape index (κ3) is 5.79. The third-order valence-corrected chi connectivity index (χ3v) is 4.07. The molecule has 0 aliphatic carbocycles. The monoisotopic (exact) mass is 393 g/mol. The van der Waals surface area contributed by atoms with Crippen molar-refractivity contribution in [3.8, 4) is 5.75 Å². The van der Waals surface area contributed by atoms with Crippen molar-refractivity contribution in [1.29, 1.82) is 0 Å². The van der Waals surface area contributed by atoms with E-state index in [1.165, 1.54) is 19.3 Å². The van der Waals surface area contributed by atoms with Gasteiger partial charge in [0.1, 0.15) is 5.75 Å². The molecule has 1 amide bonds. The van der Waals surface area contributed by atoms with Gasteiger partial charge < -0.3 is 14.8 Å². The van der Waals surface area contributed by atoms with Crippen molar-refractivity contribution >= 4 is 46.8 Å². The molecule has 0 bridgehead atoms. The number of halogens is 2. The van der Waals surface area contributed by atoms with Gasteiger partial charge in [0, 0.05) is 6.08 Å². The van der Waals surface area contributed by atoms with Crippen molar-refractivity contribution in [3.63, 3.8) is 0 Å². The van der Waals surface area contributed by atoms with Crippen LogP contribution in [0.3, 0.4) is 0 Å². The van der Waals surface area contributed by atoms with Gasteiger partial charge in [-0.3, -0.25) is 4.79 Å². The minimum Gasteiger partial charge on any atom is -0.495 e. The molecule has 0 aromatic heterocycles. The lowest BCUT2D eigenvalue weighted by Gasteiger charge is -2.10. The van der Waals surface area contributed by atoms with Crippen molar-refractivity contribution in [2.24, 2.45) is 0 Å². The first-order valence-electron chi connectivity index (χ1n) is 7.63. The van der Waals surface area contributed by atoms with Gasteiger partial charge in [-0.1, -0.05) is 35.3 Å². The van der Waals surface area contributed by atoms with Crippen LogP contribution in [-0.2, 0) is 14.3 Å². The van der Waals surface area contributed by atoms with Crippen LogP contribution in [0.25, 0.3) is 6.08 Å². The molecule has 2 aromatic rings. The number of carbonyl (C=O) groups is 2. The summed E-state index contributed by atoms with van der Waals surface area (Å²) in [5.41, 5.74) is 2.16. The van der Waals surface area contributed by atoms with E-state index >= 15 is 0 Å². The number of aryl methyl sites for hydroxylation is 1. The van der Waals surface area contributed by atoms with Crippen molar-refractivity contribution in [1.82, 2.24) is 0 Å². The molecule has 0 unspecified atom stereocenters. The number of benzene rings is 2. The van der Waals surface area contributed by atoms with Crippen LogP contribution in [0, 0.1) is 6.92 Å². The summed E-state index contributed by atoms with van der Waals surface area (Å²) in [4.78, 5) is 23.7. The minimum absolute atomic E-state index is 0.383. The Kier molecular flexibility index (Phi) is 7.06.